The van der Waals surface area contributed by atoms with Crippen molar-refractivity contribution in [3.05, 3.63) is 35.4 Å². The Balaban J connectivity index is 3.17. The predicted octanol–water partition coefficient (Wildman–Crippen LogP) is 1.95. The van der Waals surface area contributed by atoms with E-state index in [-0.39, 0.29) is 12.0 Å². The summed E-state index contributed by atoms with van der Waals surface area (Å²) in [6.45, 7) is 1.81. The number of carboxylic acid groups (broad SMARTS) is 2. The molecule has 1 rings (SSSR count). The lowest BCUT2D eigenvalue weighted by molar-refractivity contribution is -0.135. The molecule has 18 heavy (non-hydrogen) atoms. The summed E-state index contributed by atoms with van der Waals surface area (Å²) >= 11 is 0. The van der Waals surface area contributed by atoms with Gasteiger partial charge in [0.25, 0.3) is 0 Å². The number of ether oxygens (including phenoxy) is 1. The van der Waals surface area contributed by atoms with Crippen LogP contribution in [0.15, 0.2) is 24.3 Å². The van der Waals surface area contributed by atoms with E-state index in [2.05, 4.69) is 0 Å². The minimum absolute atomic E-state index is 0.251. The number of aliphatic carboxylic acids is 2. The molecule has 2 N–H and O–H groups in total. The fourth-order valence-electron chi connectivity index (χ4n) is 1.63. The van der Waals surface area contributed by atoms with E-state index in [1.807, 2.05) is 6.92 Å². The first-order valence-corrected chi connectivity index (χ1v) is 5.24. The second-order valence-electron chi connectivity index (χ2n) is 3.76. The maximum Gasteiger partial charge on any atom is 0.328 e. The van der Waals surface area contributed by atoms with E-state index in [1.54, 1.807) is 18.2 Å². The summed E-state index contributed by atoms with van der Waals surface area (Å²) in [5.74, 6) is -1.57. The number of rotatable bonds is 5. The van der Waals surface area contributed by atoms with Crippen molar-refractivity contribution in [1.29, 1.82) is 0 Å². The Morgan fingerprint density at radius 1 is 1.33 bits per heavy atom. The monoisotopic (exact) mass is 250 g/mol. The van der Waals surface area contributed by atoms with Crippen LogP contribution in [0.25, 0.3) is 5.57 Å². The number of aryl methyl sites for hydroxylation is 1. The van der Waals surface area contributed by atoms with Crippen molar-refractivity contribution < 1.29 is 24.5 Å². The third kappa shape index (κ3) is 3.62. The molecule has 0 unspecified atom stereocenters. The molecule has 1 aromatic carbocycles. The molecule has 0 atom stereocenters. The molecule has 1 aromatic rings. The van der Waals surface area contributed by atoms with Crippen molar-refractivity contribution in [2.45, 2.75) is 13.3 Å². The molecule has 0 aliphatic rings. The van der Waals surface area contributed by atoms with Crippen molar-refractivity contribution in [2.75, 3.05) is 7.11 Å². The van der Waals surface area contributed by atoms with Crippen molar-refractivity contribution in [2.24, 2.45) is 0 Å². The summed E-state index contributed by atoms with van der Waals surface area (Å²) in [7, 11) is 1.53. The lowest BCUT2D eigenvalue weighted by atomic mass is 10.00. The second kappa shape index (κ2) is 5.86. The lowest BCUT2D eigenvalue weighted by Crippen LogP contribution is -2.01. The zero-order valence-corrected chi connectivity index (χ0v) is 10.1. The van der Waals surface area contributed by atoms with Crippen LogP contribution in [0.4, 0.5) is 0 Å². The van der Waals surface area contributed by atoms with Gasteiger partial charge in [0.05, 0.1) is 13.5 Å². The first kappa shape index (κ1) is 13.8. The fourth-order valence-corrected chi connectivity index (χ4v) is 1.63. The first-order chi connectivity index (χ1) is 8.43. The van der Waals surface area contributed by atoms with Crippen molar-refractivity contribution >= 4 is 17.5 Å². The molecule has 0 radical (unpaired) electrons. The number of carbonyl (C=O) groups is 2. The van der Waals surface area contributed by atoms with E-state index >= 15 is 0 Å². The summed E-state index contributed by atoms with van der Waals surface area (Å²) in [5.41, 5.74) is 1.63. The molecule has 0 heterocycles. The standard InChI is InChI=1S/C13H14O5/c1-8-5-9(3-4-11(8)18-2)10(6-12(14)15)7-13(16)17/h3-6H,7H2,1-2H3,(H,14,15)(H,16,17)/b10-6+. The van der Waals surface area contributed by atoms with Gasteiger partial charge in [0.1, 0.15) is 5.75 Å². The summed E-state index contributed by atoms with van der Waals surface area (Å²) in [5, 5.41) is 17.5. The number of carboxylic acids is 2. The van der Waals surface area contributed by atoms with Crippen LogP contribution < -0.4 is 4.74 Å². The van der Waals surface area contributed by atoms with Gasteiger partial charge in [-0.25, -0.2) is 4.79 Å². The minimum atomic E-state index is -1.17. The van der Waals surface area contributed by atoms with Gasteiger partial charge < -0.3 is 14.9 Å². The van der Waals surface area contributed by atoms with E-state index in [1.165, 1.54) is 7.11 Å². The highest BCUT2D eigenvalue weighted by Crippen LogP contribution is 2.25. The van der Waals surface area contributed by atoms with Crippen molar-refractivity contribution in [3.8, 4) is 5.75 Å². The van der Waals surface area contributed by atoms with Gasteiger partial charge >= 0.3 is 11.9 Å². The predicted molar refractivity (Wildman–Crippen MR) is 65.6 cm³/mol. The molecule has 0 fully saturated rings. The first-order valence-electron chi connectivity index (χ1n) is 5.24. The van der Waals surface area contributed by atoms with Gasteiger partial charge in [0.2, 0.25) is 0 Å². The molecule has 0 saturated heterocycles. The van der Waals surface area contributed by atoms with Crippen LogP contribution in [-0.2, 0) is 9.59 Å². The van der Waals surface area contributed by atoms with Gasteiger partial charge in [-0.1, -0.05) is 6.07 Å². The van der Waals surface area contributed by atoms with E-state index in [0.29, 0.717) is 11.3 Å². The zero-order valence-electron chi connectivity index (χ0n) is 10.1. The highest BCUT2D eigenvalue weighted by Gasteiger charge is 2.10. The molecule has 0 saturated carbocycles. The van der Waals surface area contributed by atoms with E-state index in [4.69, 9.17) is 14.9 Å². The maximum absolute atomic E-state index is 10.7. The Hall–Kier alpha value is -2.30. The van der Waals surface area contributed by atoms with Crippen LogP contribution >= 0.6 is 0 Å². The number of hydrogen-bond donors (Lipinski definition) is 2. The summed E-state index contributed by atoms with van der Waals surface area (Å²) in [6.07, 6.45) is 0.577. The smallest absolute Gasteiger partial charge is 0.328 e. The van der Waals surface area contributed by atoms with E-state index < -0.39 is 11.9 Å². The molecule has 0 amide bonds. The Labute approximate surface area is 104 Å². The third-order valence-electron chi connectivity index (χ3n) is 2.41. The Morgan fingerprint density at radius 2 is 2.00 bits per heavy atom. The van der Waals surface area contributed by atoms with Gasteiger partial charge in [0.15, 0.2) is 0 Å². The van der Waals surface area contributed by atoms with E-state index in [0.717, 1.165) is 11.6 Å². The quantitative estimate of drug-likeness (QED) is 0.780. The number of hydrogen-bond acceptors (Lipinski definition) is 3. The molecule has 0 aliphatic carbocycles. The van der Waals surface area contributed by atoms with Crippen LogP contribution in [0.3, 0.4) is 0 Å². The SMILES string of the molecule is COc1ccc(/C(=C/C(=O)O)CC(=O)O)cc1C. The topological polar surface area (TPSA) is 83.8 Å². The average molecular weight is 250 g/mol. The van der Waals surface area contributed by atoms with Crippen LogP contribution in [0, 0.1) is 6.92 Å². The van der Waals surface area contributed by atoms with Crippen molar-refractivity contribution in [3.63, 3.8) is 0 Å². The Morgan fingerprint density at radius 3 is 2.44 bits per heavy atom. The molecule has 96 valence electrons. The molecule has 5 nitrogen and oxygen atoms in total. The largest absolute Gasteiger partial charge is 0.496 e. The lowest BCUT2D eigenvalue weighted by Gasteiger charge is -2.09. The molecular formula is C13H14O5. The van der Waals surface area contributed by atoms with Crippen LogP contribution in [0.1, 0.15) is 17.5 Å². The highest BCUT2D eigenvalue weighted by molar-refractivity contribution is 5.95. The Kier molecular flexibility index (Phi) is 4.48. The number of methoxy groups -OCH3 is 1. The molecule has 0 aliphatic heterocycles. The third-order valence-corrected chi connectivity index (χ3v) is 2.41. The second-order valence-corrected chi connectivity index (χ2v) is 3.76. The van der Waals surface area contributed by atoms with E-state index in [9.17, 15) is 9.59 Å². The fraction of sp³-hybridized carbons (Fsp3) is 0.231. The summed E-state index contributed by atoms with van der Waals surface area (Å²) in [4.78, 5) is 21.4. The molecular weight excluding hydrogens is 236 g/mol. The maximum atomic E-state index is 10.7. The summed E-state index contributed by atoms with van der Waals surface area (Å²) in [6, 6.07) is 5.03. The molecule has 5 heteroatoms. The average Bonchev–Trinajstić information content (AvgIpc) is 2.26. The molecule has 0 bridgehead atoms. The van der Waals surface area contributed by atoms with Gasteiger partial charge in [-0.05, 0) is 35.8 Å². The molecule has 0 spiro atoms. The normalized spacial score (nSPS) is 11.1. The highest BCUT2D eigenvalue weighted by atomic mass is 16.5. The minimum Gasteiger partial charge on any atom is -0.496 e. The van der Waals surface area contributed by atoms with Gasteiger partial charge in [-0.3, -0.25) is 4.79 Å². The Bertz CT molecular complexity index is 502. The van der Waals surface area contributed by atoms with Gasteiger partial charge in [-0.15, -0.1) is 0 Å². The summed E-state index contributed by atoms with van der Waals surface area (Å²) < 4.78 is 5.09. The van der Waals surface area contributed by atoms with Crippen LogP contribution in [0.5, 0.6) is 5.75 Å². The van der Waals surface area contributed by atoms with Crippen LogP contribution in [0.2, 0.25) is 0 Å². The number of benzene rings is 1. The van der Waals surface area contributed by atoms with Gasteiger partial charge in [0, 0.05) is 6.08 Å². The van der Waals surface area contributed by atoms with Gasteiger partial charge in [-0.2, -0.15) is 0 Å². The molecule has 0 aromatic heterocycles. The zero-order chi connectivity index (χ0) is 13.7. The van der Waals surface area contributed by atoms with Crippen LogP contribution in [-0.4, -0.2) is 29.3 Å². The van der Waals surface area contributed by atoms with Crippen molar-refractivity contribution in [1.82, 2.24) is 0 Å².